The molecule has 33 heavy (non-hydrogen) atoms. The van der Waals surface area contributed by atoms with Crippen LogP contribution in [0, 0.1) is 33.5 Å². The van der Waals surface area contributed by atoms with E-state index in [2.05, 4.69) is 47.6 Å². The average Bonchev–Trinajstić information content (AvgIpc) is 3.03. The Labute approximate surface area is 201 Å². The van der Waals surface area contributed by atoms with Crippen LogP contribution in [0.25, 0.3) is 0 Å². The molecule has 4 aliphatic rings. The number of hydrogen-bond donors (Lipinski definition) is 2. The molecule has 1 saturated carbocycles. The smallest absolute Gasteiger partial charge is 0.330 e. The Bertz CT molecular complexity index is 921. The van der Waals surface area contributed by atoms with Gasteiger partial charge in [-0.1, -0.05) is 59.3 Å². The van der Waals surface area contributed by atoms with Crippen LogP contribution in [-0.2, 0) is 4.79 Å². The second-order valence-electron chi connectivity index (χ2n) is 13.1. The number of carbonyl (C=O) groups is 1. The maximum atomic E-state index is 11.2. The lowest BCUT2D eigenvalue weighted by molar-refractivity contribution is -0.132. The molecule has 0 amide bonds. The third-order valence-electron chi connectivity index (χ3n) is 11.5. The van der Waals surface area contributed by atoms with Gasteiger partial charge in [0, 0.05) is 5.57 Å². The minimum atomic E-state index is -0.806. The number of rotatable bonds is 5. The highest BCUT2D eigenvalue weighted by Gasteiger charge is 2.59. The van der Waals surface area contributed by atoms with E-state index >= 15 is 0 Å². The molecule has 0 bridgehead atoms. The Balaban J connectivity index is 1.60. The topological polar surface area (TPSA) is 57.5 Å². The zero-order valence-corrected chi connectivity index (χ0v) is 22.1. The van der Waals surface area contributed by atoms with Crippen LogP contribution in [0.2, 0.25) is 0 Å². The number of carboxylic acid groups (broad SMARTS) is 1. The first-order valence-electron chi connectivity index (χ1n) is 13.3. The predicted molar refractivity (Wildman–Crippen MR) is 135 cm³/mol. The summed E-state index contributed by atoms with van der Waals surface area (Å²) in [6.45, 7) is 16.2. The largest absolute Gasteiger partial charge is 0.478 e. The van der Waals surface area contributed by atoms with Gasteiger partial charge in [0.2, 0.25) is 0 Å². The fourth-order valence-electron chi connectivity index (χ4n) is 8.63. The van der Waals surface area contributed by atoms with Crippen LogP contribution in [-0.4, -0.2) is 22.3 Å². The first-order chi connectivity index (χ1) is 15.3. The highest BCUT2D eigenvalue weighted by molar-refractivity contribution is 5.85. The SMILES string of the molecule is C/C(=C\CC[C@@H](C)[C@]1(C)CC=C2C3=C(CC[C@]21C)[C@@]1(C)CC[C@@H](O)C(C)(C)[C@@H]1CC3)C(=O)O. The molecule has 0 unspecified atom stereocenters. The average molecular weight is 455 g/mol. The van der Waals surface area contributed by atoms with Crippen LogP contribution in [0.3, 0.4) is 0 Å². The first kappa shape index (κ1) is 24.8. The van der Waals surface area contributed by atoms with E-state index < -0.39 is 5.97 Å². The summed E-state index contributed by atoms with van der Waals surface area (Å²) in [6, 6.07) is 0. The standard InChI is InChI=1S/C30H46O3/c1-19(26(32)33)9-8-10-20(2)29(6)17-14-23-21-11-12-24-27(3,4)25(31)15-16-28(24,5)22(21)13-18-30(23,29)7/h9,14,20,24-25,31H,8,10-13,15-18H2,1-7H3,(H,32,33)/b19-9+/t20-,24+,25-,28-,29+,30-/m1/s1. The number of allylic oxidation sites excluding steroid dienone is 5. The van der Waals surface area contributed by atoms with Gasteiger partial charge in [0.25, 0.3) is 0 Å². The molecule has 3 heteroatoms. The summed E-state index contributed by atoms with van der Waals surface area (Å²) in [7, 11) is 0. The number of aliphatic carboxylic acids is 1. The van der Waals surface area contributed by atoms with Crippen molar-refractivity contribution in [2.24, 2.45) is 33.5 Å². The number of carboxylic acids is 1. The minimum absolute atomic E-state index is 0.0129. The lowest BCUT2D eigenvalue weighted by Crippen LogP contribution is -2.53. The second kappa shape index (κ2) is 8.11. The molecule has 0 saturated heterocycles. The molecular weight excluding hydrogens is 408 g/mol. The van der Waals surface area contributed by atoms with Gasteiger partial charge in [-0.3, -0.25) is 0 Å². The van der Waals surface area contributed by atoms with Gasteiger partial charge in [-0.2, -0.15) is 0 Å². The van der Waals surface area contributed by atoms with E-state index in [1.807, 2.05) is 6.08 Å². The number of hydrogen-bond acceptors (Lipinski definition) is 2. The summed E-state index contributed by atoms with van der Waals surface area (Å²) in [5.74, 6) is 0.292. The Hall–Kier alpha value is -1.35. The van der Waals surface area contributed by atoms with Gasteiger partial charge < -0.3 is 10.2 Å². The van der Waals surface area contributed by atoms with Crippen LogP contribution in [0.4, 0.5) is 0 Å². The molecule has 0 aromatic rings. The lowest BCUT2D eigenvalue weighted by Gasteiger charge is -2.60. The zero-order chi connectivity index (χ0) is 24.4. The minimum Gasteiger partial charge on any atom is -0.478 e. The van der Waals surface area contributed by atoms with Crippen LogP contribution in [0.1, 0.15) is 106 Å². The van der Waals surface area contributed by atoms with E-state index in [1.165, 1.54) is 19.3 Å². The summed E-state index contributed by atoms with van der Waals surface area (Å²) < 4.78 is 0. The van der Waals surface area contributed by atoms with Crippen molar-refractivity contribution in [3.8, 4) is 0 Å². The molecule has 184 valence electrons. The van der Waals surface area contributed by atoms with Crippen LogP contribution >= 0.6 is 0 Å². The molecular formula is C30H46O3. The van der Waals surface area contributed by atoms with Crippen molar-refractivity contribution in [1.29, 1.82) is 0 Å². The zero-order valence-electron chi connectivity index (χ0n) is 22.1. The third-order valence-corrected chi connectivity index (χ3v) is 11.5. The van der Waals surface area contributed by atoms with Crippen molar-refractivity contribution in [2.45, 2.75) is 112 Å². The Kier molecular flexibility index (Phi) is 6.08. The molecule has 3 nitrogen and oxygen atoms in total. The number of aliphatic hydroxyl groups excluding tert-OH is 1. The van der Waals surface area contributed by atoms with Crippen molar-refractivity contribution >= 4 is 5.97 Å². The molecule has 6 atom stereocenters. The third kappa shape index (κ3) is 3.51. The Morgan fingerprint density at radius 2 is 1.85 bits per heavy atom. The second-order valence-corrected chi connectivity index (χ2v) is 13.1. The summed E-state index contributed by atoms with van der Waals surface area (Å²) in [5, 5.41) is 19.9. The highest BCUT2D eigenvalue weighted by atomic mass is 16.4. The molecule has 0 spiro atoms. The van der Waals surface area contributed by atoms with Gasteiger partial charge in [-0.05, 0) is 109 Å². The molecule has 1 fully saturated rings. The van der Waals surface area contributed by atoms with E-state index in [0.29, 0.717) is 17.4 Å². The van der Waals surface area contributed by atoms with Gasteiger partial charge in [0.15, 0.2) is 0 Å². The van der Waals surface area contributed by atoms with Gasteiger partial charge in [0.05, 0.1) is 6.10 Å². The number of fused-ring (bicyclic) bond motifs is 4. The van der Waals surface area contributed by atoms with Gasteiger partial charge in [0.1, 0.15) is 0 Å². The van der Waals surface area contributed by atoms with Gasteiger partial charge >= 0.3 is 5.97 Å². The summed E-state index contributed by atoms with van der Waals surface area (Å²) in [6.07, 6.45) is 14.1. The van der Waals surface area contributed by atoms with Crippen LogP contribution in [0.15, 0.2) is 34.4 Å². The van der Waals surface area contributed by atoms with Crippen LogP contribution < -0.4 is 0 Å². The maximum Gasteiger partial charge on any atom is 0.330 e. The Morgan fingerprint density at radius 3 is 2.52 bits per heavy atom. The van der Waals surface area contributed by atoms with Crippen LogP contribution in [0.5, 0.6) is 0 Å². The number of aliphatic hydroxyl groups is 1. The fourth-order valence-corrected chi connectivity index (χ4v) is 8.63. The van der Waals surface area contributed by atoms with Gasteiger partial charge in [-0.25, -0.2) is 4.79 Å². The van der Waals surface area contributed by atoms with Crippen molar-refractivity contribution in [1.82, 2.24) is 0 Å². The molecule has 4 aliphatic carbocycles. The first-order valence-corrected chi connectivity index (χ1v) is 13.3. The molecule has 0 aromatic heterocycles. The molecule has 0 heterocycles. The molecule has 0 aliphatic heterocycles. The molecule has 0 radical (unpaired) electrons. The van der Waals surface area contributed by atoms with E-state index in [1.54, 1.807) is 23.6 Å². The van der Waals surface area contributed by atoms with E-state index in [0.717, 1.165) is 38.5 Å². The maximum absolute atomic E-state index is 11.2. The quantitative estimate of drug-likeness (QED) is 0.424. The predicted octanol–water partition coefficient (Wildman–Crippen LogP) is 7.46. The molecule has 0 aromatic carbocycles. The molecule has 2 N–H and O–H groups in total. The normalized spacial score (nSPS) is 41.1. The highest BCUT2D eigenvalue weighted by Crippen LogP contribution is 2.69. The monoisotopic (exact) mass is 454 g/mol. The Morgan fingerprint density at radius 1 is 1.15 bits per heavy atom. The van der Waals surface area contributed by atoms with E-state index in [9.17, 15) is 9.90 Å². The van der Waals surface area contributed by atoms with Crippen molar-refractivity contribution in [3.05, 3.63) is 34.4 Å². The molecule has 4 rings (SSSR count). The fraction of sp³-hybridized carbons (Fsp3) is 0.767. The van der Waals surface area contributed by atoms with Crippen molar-refractivity contribution in [2.75, 3.05) is 0 Å². The summed E-state index contributed by atoms with van der Waals surface area (Å²) in [4.78, 5) is 11.2. The van der Waals surface area contributed by atoms with Gasteiger partial charge in [-0.15, -0.1) is 0 Å². The summed E-state index contributed by atoms with van der Waals surface area (Å²) in [5.41, 5.74) is 6.12. The van der Waals surface area contributed by atoms with E-state index in [4.69, 9.17) is 5.11 Å². The van der Waals surface area contributed by atoms with Crippen molar-refractivity contribution in [3.63, 3.8) is 0 Å². The van der Waals surface area contributed by atoms with E-state index in [-0.39, 0.29) is 27.8 Å². The lowest BCUT2D eigenvalue weighted by atomic mass is 9.45. The van der Waals surface area contributed by atoms with Crippen molar-refractivity contribution < 1.29 is 15.0 Å². The summed E-state index contributed by atoms with van der Waals surface area (Å²) >= 11 is 0.